The molecule has 0 amide bonds. The molecule has 94 valence electrons. The molecule has 1 aromatic rings. The number of hydrogen-bond acceptors (Lipinski definition) is 3. The van der Waals surface area contributed by atoms with Crippen molar-refractivity contribution in [1.82, 2.24) is 0 Å². The van der Waals surface area contributed by atoms with Gasteiger partial charge in [0.1, 0.15) is 11.5 Å². The van der Waals surface area contributed by atoms with Gasteiger partial charge in [-0.15, -0.1) is 0 Å². The predicted molar refractivity (Wildman–Crippen MR) is 68.5 cm³/mol. The molecule has 1 aromatic carbocycles. The highest BCUT2D eigenvalue weighted by Crippen LogP contribution is 2.50. The minimum absolute atomic E-state index is 0.0738. The first-order chi connectivity index (χ1) is 8.09. The molecule has 0 aromatic heterocycles. The van der Waals surface area contributed by atoms with Crippen molar-refractivity contribution in [2.75, 3.05) is 6.54 Å². The molecule has 1 fully saturated rings. The van der Waals surface area contributed by atoms with Gasteiger partial charge >= 0.3 is 0 Å². The third-order valence-electron chi connectivity index (χ3n) is 3.60. The molecule has 3 N–H and O–H groups in total. The second-order valence-electron chi connectivity index (χ2n) is 5.15. The lowest BCUT2D eigenvalue weighted by Gasteiger charge is -2.42. The molecule has 3 nitrogen and oxygen atoms in total. The Labute approximate surface area is 103 Å². The largest absolute Gasteiger partial charge is 0.508 e. The summed E-state index contributed by atoms with van der Waals surface area (Å²) in [7, 11) is 0. The topological polar surface area (TPSA) is 55.5 Å². The Morgan fingerprint density at radius 1 is 1.41 bits per heavy atom. The van der Waals surface area contributed by atoms with Crippen LogP contribution in [0.3, 0.4) is 0 Å². The number of ether oxygens (including phenoxy) is 1. The maximum Gasteiger partial charge on any atom is 0.127 e. The van der Waals surface area contributed by atoms with Gasteiger partial charge in [0.25, 0.3) is 0 Å². The van der Waals surface area contributed by atoms with Gasteiger partial charge in [-0.2, -0.15) is 0 Å². The van der Waals surface area contributed by atoms with E-state index >= 15 is 0 Å². The molecule has 0 heterocycles. The van der Waals surface area contributed by atoms with E-state index in [9.17, 15) is 5.11 Å². The third kappa shape index (κ3) is 2.12. The van der Waals surface area contributed by atoms with Crippen molar-refractivity contribution in [2.24, 2.45) is 5.73 Å². The Kier molecular flexibility index (Phi) is 3.29. The quantitative estimate of drug-likeness (QED) is 0.843. The molecule has 3 heteroatoms. The molecule has 0 unspecified atom stereocenters. The first-order valence-corrected chi connectivity index (χ1v) is 6.28. The highest BCUT2D eigenvalue weighted by Gasteiger charge is 2.41. The predicted octanol–water partition coefficient (Wildman–Crippen LogP) is 2.56. The molecular weight excluding hydrogens is 214 g/mol. The number of nitrogens with two attached hydrogens (primary N) is 1. The zero-order valence-corrected chi connectivity index (χ0v) is 10.6. The molecular formula is C14H21NO2. The highest BCUT2D eigenvalue weighted by atomic mass is 16.5. The molecule has 2 rings (SSSR count). The molecule has 1 saturated carbocycles. The average Bonchev–Trinajstić information content (AvgIpc) is 2.20. The van der Waals surface area contributed by atoms with Crippen LogP contribution in [0.2, 0.25) is 0 Å². The molecule has 0 spiro atoms. The highest BCUT2D eigenvalue weighted by molar-refractivity contribution is 5.50. The lowest BCUT2D eigenvalue weighted by Crippen LogP contribution is -2.42. The second kappa shape index (κ2) is 4.57. The number of rotatable bonds is 4. The van der Waals surface area contributed by atoms with E-state index in [1.807, 2.05) is 26.0 Å². The summed E-state index contributed by atoms with van der Waals surface area (Å²) in [4.78, 5) is 0. The molecule has 0 atom stereocenters. The SMILES string of the molecule is CC(C)Oc1cccc(O)c1C1(CN)CCC1. The summed E-state index contributed by atoms with van der Waals surface area (Å²) in [5.74, 6) is 1.10. The van der Waals surface area contributed by atoms with Crippen LogP contribution in [-0.4, -0.2) is 17.8 Å². The lowest BCUT2D eigenvalue weighted by atomic mass is 9.64. The number of hydrogen-bond donors (Lipinski definition) is 2. The van der Waals surface area contributed by atoms with Crippen molar-refractivity contribution in [2.45, 2.75) is 44.6 Å². The van der Waals surface area contributed by atoms with Crippen LogP contribution < -0.4 is 10.5 Å². The number of phenolic OH excluding ortho intramolecular Hbond substituents is 1. The van der Waals surface area contributed by atoms with Crippen LogP contribution in [0.15, 0.2) is 18.2 Å². The van der Waals surface area contributed by atoms with Crippen molar-refractivity contribution in [3.63, 3.8) is 0 Å². The summed E-state index contributed by atoms with van der Waals surface area (Å²) in [6, 6.07) is 5.46. The monoisotopic (exact) mass is 235 g/mol. The summed E-state index contributed by atoms with van der Waals surface area (Å²) < 4.78 is 5.79. The minimum atomic E-state index is -0.0738. The normalized spacial score (nSPS) is 17.9. The Morgan fingerprint density at radius 2 is 2.12 bits per heavy atom. The van der Waals surface area contributed by atoms with E-state index in [1.54, 1.807) is 6.07 Å². The zero-order chi connectivity index (χ0) is 12.5. The Hall–Kier alpha value is -1.22. The fraction of sp³-hybridized carbons (Fsp3) is 0.571. The van der Waals surface area contributed by atoms with Gasteiger partial charge in [0.15, 0.2) is 0 Å². The molecule has 17 heavy (non-hydrogen) atoms. The lowest BCUT2D eigenvalue weighted by molar-refractivity contribution is 0.205. The van der Waals surface area contributed by atoms with Gasteiger partial charge < -0.3 is 15.6 Å². The smallest absolute Gasteiger partial charge is 0.127 e. The van der Waals surface area contributed by atoms with E-state index in [1.165, 1.54) is 6.42 Å². The maximum atomic E-state index is 10.1. The molecule has 1 aliphatic rings. The number of aromatic hydroxyl groups is 1. The van der Waals surface area contributed by atoms with E-state index in [0.717, 1.165) is 24.2 Å². The zero-order valence-electron chi connectivity index (χ0n) is 10.6. The van der Waals surface area contributed by atoms with Gasteiger partial charge in [-0.1, -0.05) is 12.5 Å². The second-order valence-corrected chi connectivity index (χ2v) is 5.15. The molecule has 0 radical (unpaired) electrons. The first-order valence-electron chi connectivity index (χ1n) is 6.28. The summed E-state index contributed by atoms with van der Waals surface area (Å²) in [6.07, 6.45) is 3.35. The molecule has 0 saturated heterocycles. The van der Waals surface area contributed by atoms with Crippen LogP contribution in [0.1, 0.15) is 38.7 Å². The van der Waals surface area contributed by atoms with Crippen LogP contribution in [0, 0.1) is 0 Å². The fourth-order valence-electron chi connectivity index (χ4n) is 2.56. The van der Waals surface area contributed by atoms with E-state index in [4.69, 9.17) is 10.5 Å². The van der Waals surface area contributed by atoms with E-state index in [-0.39, 0.29) is 11.5 Å². The van der Waals surface area contributed by atoms with Crippen LogP contribution in [0.5, 0.6) is 11.5 Å². The van der Waals surface area contributed by atoms with Crippen molar-refractivity contribution < 1.29 is 9.84 Å². The Balaban J connectivity index is 2.43. The van der Waals surface area contributed by atoms with E-state index < -0.39 is 0 Å². The summed E-state index contributed by atoms with van der Waals surface area (Å²) in [6.45, 7) is 4.55. The molecule has 0 bridgehead atoms. The molecule has 1 aliphatic carbocycles. The van der Waals surface area contributed by atoms with Gasteiger partial charge in [-0.3, -0.25) is 0 Å². The van der Waals surface area contributed by atoms with E-state index in [2.05, 4.69) is 0 Å². The summed E-state index contributed by atoms with van der Waals surface area (Å²) >= 11 is 0. The van der Waals surface area contributed by atoms with Crippen molar-refractivity contribution in [1.29, 1.82) is 0 Å². The van der Waals surface area contributed by atoms with E-state index in [0.29, 0.717) is 12.3 Å². The van der Waals surface area contributed by atoms with Crippen LogP contribution in [0.25, 0.3) is 0 Å². The van der Waals surface area contributed by atoms with Gasteiger partial charge in [-0.05, 0) is 38.8 Å². The first kappa shape index (κ1) is 12.2. The number of phenols is 1. The van der Waals surface area contributed by atoms with Gasteiger partial charge in [0.2, 0.25) is 0 Å². The van der Waals surface area contributed by atoms with Crippen molar-refractivity contribution in [3.05, 3.63) is 23.8 Å². The average molecular weight is 235 g/mol. The standard InChI is InChI=1S/C14H21NO2/c1-10(2)17-12-6-3-5-11(16)13(12)14(9-15)7-4-8-14/h3,5-6,10,16H,4,7-9,15H2,1-2H3. The van der Waals surface area contributed by atoms with Gasteiger partial charge in [-0.25, -0.2) is 0 Å². The van der Waals surface area contributed by atoms with Crippen LogP contribution in [0.4, 0.5) is 0 Å². The third-order valence-corrected chi connectivity index (χ3v) is 3.60. The van der Waals surface area contributed by atoms with Gasteiger partial charge in [0.05, 0.1) is 6.10 Å². The van der Waals surface area contributed by atoms with Crippen LogP contribution >= 0.6 is 0 Å². The van der Waals surface area contributed by atoms with Gasteiger partial charge in [0, 0.05) is 17.5 Å². The fourth-order valence-corrected chi connectivity index (χ4v) is 2.56. The number of benzene rings is 1. The van der Waals surface area contributed by atoms with Crippen LogP contribution in [-0.2, 0) is 5.41 Å². The maximum absolute atomic E-state index is 10.1. The Bertz CT molecular complexity index is 392. The van der Waals surface area contributed by atoms with Crippen molar-refractivity contribution in [3.8, 4) is 11.5 Å². The molecule has 0 aliphatic heterocycles. The minimum Gasteiger partial charge on any atom is -0.508 e. The summed E-state index contributed by atoms with van der Waals surface area (Å²) in [5, 5.41) is 10.1. The van der Waals surface area contributed by atoms with Crippen molar-refractivity contribution >= 4 is 0 Å². The summed E-state index contributed by atoms with van der Waals surface area (Å²) in [5.41, 5.74) is 6.73. The Morgan fingerprint density at radius 3 is 2.59 bits per heavy atom.